The van der Waals surface area contributed by atoms with Gasteiger partial charge in [-0.15, -0.1) is 0 Å². The molecule has 3 aliphatic heterocycles. The van der Waals surface area contributed by atoms with Crippen LogP contribution >= 0.6 is 0 Å². The van der Waals surface area contributed by atoms with Gasteiger partial charge >= 0.3 is 0 Å². The zero-order valence-electron chi connectivity index (χ0n) is 16.3. The lowest BCUT2D eigenvalue weighted by Gasteiger charge is -2.45. The van der Waals surface area contributed by atoms with Gasteiger partial charge in [0.05, 0.1) is 17.7 Å². The van der Waals surface area contributed by atoms with E-state index in [2.05, 4.69) is 27.3 Å². The largest absolute Gasteiger partial charge is 0.490 e. The number of piperidine rings is 3. The van der Waals surface area contributed by atoms with E-state index in [9.17, 15) is 4.79 Å². The van der Waals surface area contributed by atoms with Crippen molar-refractivity contribution in [3.63, 3.8) is 0 Å². The van der Waals surface area contributed by atoms with Gasteiger partial charge in [0.1, 0.15) is 5.75 Å². The molecule has 2 aromatic rings. The predicted octanol–water partition coefficient (Wildman–Crippen LogP) is 3.53. The van der Waals surface area contributed by atoms with Gasteiger partial charge in [-0.25, -0.2) is 0 Å². The van der Waals surface area contributed by atoms with Crippen LogP contribution in [0.25, 0.3) is 10.9 Å². The van der Waals surface area contributed by atoms with Crippen molar-refractivity contribution in [2.24, 2.45) is 5.92 Å². The minimum absolute atomic E-state index is 0.118. The molecule has 28 heavy (non-hydrogen) atoms. The summed E-state index contributed by atoms with van der Waals surface area (Å²) >= 11 is 0. The topological polar surface area (TPSA) is 54.5 Å². The summed E-state index contributed by atoms with van der Waals surface area (Å²) in [6, 6.07) is 10.5. The second-order valence-corrected chi connectivity index (χ2v) is 8.69. The van der Waals surface area contributed by atoms with Gasteiger partial charge < -0.3 is 10.1 Å². The molecule has 5 nitrogen and oxygen atoms in total. The number of amides is 1. The molecule has 6 rings (SSSR count). The van der Waals surface area contributed by atoms with Crippen LogP contribution in [0, 0.1) is 5.92 Å². The summed E-state index contributed by atoms with van der Waals surface area (Å²) in [5.41, 5.74) is 0.994. The Balaban J connectivity index is 1.12. The number of carbonyl (C=O) groups excluding carboxylic acids is 1. The van der Waals surface area contributed by atoms with Crippen molar-refractivity contribution in [3.8, 4) is 5.75 Å². The molecule has 1 N–H and O–H groups in total. The van der Waals surface area contributed by atoms with Gasteiger partial charge in [0.2, 0.25) is 5.91 Å². The van der Waals surface area contributed by atoms with Crippen LogP contribution in [-0.4, -0.2) is 47.1 Å². The molecule has 1 aromatic heterocycles. The fraction of sp³-hybridized carbons (Fsp3) is 0.565. The Morgan fingerprint density at radius 2 is 1.89 bits per heavy atom. The van der Waals surface area contributed by atoms with Crippen LogP contribution < -0.4 is 10.1 Å². The highest BCUT2D eigenvalue weighted by Crippen LogP contribution is 2.32. The first-order chi connectivity index (χ1) is 13.7. The summed E-state index contributed by atoms with van der Waals surface area (Å²) in [4.78, 5) is 19.5. The Kier molecular flexibility index (Phi) is 4.93. The number of benzene rings is 1. The smallest absolute Gasteiger partial charge is 0.237 e. The van der Waals surface area contributed by atoms with E-state index in [4.69, 9.17) is 4.74 Å². The van der Waals surface area contributed by atoms with Gasteiger partial charge in [-0.3, -0.25) is 14.7 Å². The Hall–Kier alpha value is -2.14. The van der Waals surface area contributed by atoms with E-state index < -0.39 is 0 Å². The summed E-state index contributed by atoms with van der Waals surface area (Å²) in [5, 5.41) is 4.45. The van der Waals surface area contributed by atoms with Crippen molar-refractivity contribution in [2.75, 3.05) is 13.1 Å². The summed E-state index contributed by atoms with van der Waals surface area (Å²) in [7, 11) is 0. The average molecular weight is 380 g/mol. The number of rotatable bonds is 4. The first-order valence-corrected chi connectivity index (χ1v) is 10.8. The number of hydrogen-bond acceptors (Lipinski definition) is 4. The molecule has 1 unspecified atom stereocenters. The maximum absolute atomic E-state index is 12.8. The highest BCUT2D eigenvalue weighted by atomic mass is 16.5. The highest BCUT2D eigenvalue weighted by molar-refractivity contribution is 5.82. The summed E-state index contributed by atoms with van der Waals surface area (Å²) in [6.07, 6.45) is 9.64. The van der Waals surface area contributed by atoms with Gasteiger partial charge in [-0.1, -0.05) is 6.07 Å². The number of carbonyl (C=O) groups is 1. The van der Waals surface area contributed by atoms with Crippen LogP contribution in [0.1, 0.15) is 44.9 Å². The van der Waals surface area contributed by atoms with Crippen molar-refractivity contribution in [2.45, 2.75) is 63.1 Å². The monoisotopic (exact) mass is 379 g/mol. The first kappa shape index (κ1) is 17.9. The molecule has 4 fully saturated rings. The van der Waals surface area contributed by atoms with E-state index in [1.54, 1.807) is 0 Å². The zero-order valence-corrected chi connectivity index (χ0v) is 16.3. The number of ether oxygens (including phenoxy) is 1. The fourth-order valence-corrected chi connectivity index (χ4v) is 5.18. The van der Waals surface area contributed by atoms with Gasteiger partial charge in [0.25, 0.3) is 0 Å². The van der Waals surface area contributed by atoms with Crippen LogP contribution in [0.3, 0.4) is 0 Å². The lowest BCUT2D eigenvalue weighted by molar-refractivity contribution is -0.131. The molecule has 1 aliphatic carbocycles. The average Bonchev–Trinajstić information content (AvgIpc) is 2.76. The second kappa shape index (κ2) is 7.70. The van der Waals surface area contributed by atoms with E-state index in [-0.39, 0.29) is 18.1 Å². The summed E-state index contributed by atoms with van der Waals surface area (Å²) in [5.74, 6) is 1.94. The second-order valence-electron chi connectivity index (χ2n) is 8.69. The van der Waals surface area contributed by atoms with E-state index in [1.165, 1.54) is 12.8 Å². The van der Waals surface area contributed by atoms with Gasteiger partial charge in [0.15, 0.2) is 0 Å². The number of aromatic nitrogens is 1. The van der Waals surface area contributed by atoms with Gasteiger partial charge in [-0.05, 0) is 88.2 Å². The molecular weight excluding hydrogens is 350 g/mol. The molecular formula is C23H29N3O2. The van der Waals surface area contributed by atoms with Crippen LogP contribution in [0.4, 0.5) is 0 Å². The van der Waals surface area contributed by atoms with Crippen molar-refractivity contribution < 1.29 is 9.53 Å². The van der Waals surface area contributed by atoms with Crippen LogP contribution in [0.5, 0.6) is 5.75 Å². The van der Waals surface area contributed by atoms with E-state index in [0.717, 1.165) is 67.8 Å². The molecule has 0 spiro atoms. The number of fused-ring (bicyclic) bond motifs is 4. The number of nitrogens with one attached hydrogen (secondary N) is 1. The summed E-state index contributed by atoms with van der Waals surface area (Å²) < 4.78 is 6.22. The molecule has 4 heterocycles. The lowest BCUT2D eigenvalue weighted by Crippen LogP contribution is -2.57. The number of nitrogens with zero attached hydrogens (tertiary/aromatic N) is 2. The Bertz CT molecular complexity index is 839. The van der Waals surface area contributed by atoms with Crippen molar-refractivity contribution >= 4 is 16.8 Å². The number of pyridine rings is 1. The highest BCUT2D eigenvalue weighted by Gasteiger charge is 2.38. The molecule has 1 atom stereocenters. The third-order valence-corrected chi connectivity index (χ3v) is 6.85. The standard InChI is InChI=1S/C23H29N3O2/c27-23(22-14-16-9-12-26(22)13-10-16)25-18-3-5-19(6-4-18)28-20-7-8-21-17(15-20)2-1-11-24-21/h1-2,7-8,11,15-16,18-19,22H,3-6,9-10,12-14H2,(H,25,27). The van der Waals surface area contributed by atoms with E-state index in [0.29, 0.717) is 6.04 Å². The molecule has 1 amide bonds. The fourth-order valence-electron chi connectivity index (χ4n) is 5.18. The molecule has 148 valence electrons. The third-order valence-electron chi connectivity index (χ3n) is 6.85. The van der Waals surface area contributed by atoms with Crippen LogP contribution in [0.2, 0.25) is 0 Å². The molecule has 2 bridgehead atoms. The van der Waals surface area contributed by atoms with Crippen molar-refractivity contribution in [3.05, 3.63) is 36.5 Å². The lowest BCUT2D eigenvalue weighted by atomic mass is 9.82. The van der Waals surface area contributed by atoms with Crippen LogP contribution in [-0.2, 0) is 4.79 Å². The normalized spacial score (nSPS) is 32.2. The Labute approximate surface area is 166 Å². The summed E-state index contributed by atoms with van der Waals surface area (Å²) in [6.45, 7) is 2.20. The maximum Gasteiger partial charge on any atom is 0.237 e. The molecule has 5 heteroatoms. The van der Waals surface area contributed by atoms with Crippen LogP contribution in [0.15, 0.2) is 36.5 Å². The Morgan fingerprint density at radius 3 is 2.64 bits per heavy atom. The van der Waals surface area contributed by atoms with E-state index in [1.807, 2.05) is 24.4 Å². The third kappa shape index (κ3) is 3.72. The van der Waals surface area contributed by atoms with Gasteiger partial charge in [-0.2, -0.15) is 0 Å². The molecule has 0 radical (unpaired) electrons. The minimum Gasteiger partial charge on any atom is -0.490 e. The molecule has 1 saturated carbocycles. The quantitative estimate of drug-likeness (QED) is 0.883. The molecule has 3 saturated heterocycles. The minimum atomic E-state index is 0.118. The predicted molar refractivity (Wildman–Crippen MR) is 109 cm³/mol. The number of hydrogen-bond donors (Lipinski definition) is 1. The molecule has 4 aliphatic rings. The SMILES string of the molecule is O=C(NC1CCC(Oc2ccc3ncccc3c2)CC1)C1CC2CCN1CC2. The zero-order chi connectivity index (χ0) is 18.9. The molecule has 1 aromatic carbocycles. The maximum atomic E-state index is 12.8. The van der Waals surface area contributed by atoms with Crippen molar-refractivity contribution in [1.29, 1.82) is 0 Å². The first-order valence-electron chi connectivity index (χ1n) is 10.8. The van der Waals surface area contributed by atoms with Gasteiger partial charge in [0, 0.05) is 17.6 Å². The Morgan fingerprint density at radius 1 is 1.07 bits per heavy atom. The van der Waals surface area contributed by atoms with E-state index >= 15 is 0 Å². The van der Waals surface area contributed by atoms with Crippen molar-refractivity contribution in [1.82, 2.24) is 15.2 Å².